The zero-order valence-corrected chi connectivity index (χ0v) is 11.2. The quantitative estimate of drug-likeness (QED) is 0.381. The minimum absolute atomic E-state index is 0.0329. The molecule has 0 fully saturated rings. The molecule has 0 saturated heterocycles. The molecule has 4 unspecified atom stereocenters. The minimum Gasteiger partial charge on any atom is -0.396 e. The zero-order valence-electron chi connectivity index (χ0n) is 11.2. The number of hydrogen-bond acceptors (Lipinski definition) is 6. The molecule has 0 aliphatic heterocycles. The first-order valence-electron chi connectivity index (χ1n) is 6.36. The van der Waals surface area contributed by atoms with Crippen molar-refractivity contribution >= 4 is 0 Å². The summed E-state index contributed by atoms with van der Waals surface area (Å²) in [5.74, 6) is 0. The number of methoxy groups -OCH3 is 1. The van der Waals surface area contributed by atoms with Crippen molar-refractivity contribution in [1.29, 1.82) is 0 Å². The van der Waals surface area contributed by atoms with Crippen LogP contribution in [0.4, 0.5) is 0 Å². The van der Waals surface area contributed by atoms with Crippen LogP contribution >= 0.6 is 0 Å². The Bertz CT molecular complexity index is 189. The molecule has 18 heavy (non-hydrogen) atoms. The largest absolute Gasteiger partial charge is 0.396 e. The van der Waals surface area contributed by atoms with Crippen LogP contribution in [-0.4, -0.2) is 65.4 Å². The van der Waals surface area contributed by atoms with E-state index in [9.17, 15) is 15.3 Å². The Kier molecular flexibility index (Phi) is 10.5. The van der Waals surface area contributed by atoms with Gasteiger partial charge in [0.15, 0.2) is 6.29 Å². The second-order valence-corrected chi connectivity index (χ2v) is 4.28. The fourth-order valence-electron chi connectivity index (χ4n) is 1.58. The van der Waals surface area contributed by atoms with Crippen molar-refractivity contribution in [3.05, 3.63) is 0 Å². The number of rotatable bonds is 11. The molecule has 0 rings (SSSR count). The average Bonchev–Trinajstić information content (AvgIpc) is 2.36. The molecule has 0 aromatic carbocycles. The molecular formula is C12H26O6. The predicted molar refractivity (Wildman–Crippen MR) is 66.0 cm³/mol. The molecule has 0 bridgehead atoms. The molecule has 6 heteroatoms. The lowest BCUT2D eigenvalue weighted by atomic mass is 10.0. The van der Waals surface area contributed by atoms with Gasteiger partial charge >= 0.3 is 0 Å². The smallest absolute Gasteiger partial charge is 0.183 e. The SMILES string of the molecule is CCCOC(OC)C(O)CC(O)C(O)CCCO. The Labute approximate surface area is 108 Å². The Balaban J connectivity index is 4.05. The first kappa shape index (κ1) is 17.8. The molecule has 0 saturated carbocycles. The number of aliphatic hydroxyl groups excluding tert-OH is 4. The number of aliphatic hydroxyl groups is 4. The van der Waals surface area contributed by atoms with Gasteiger partial charge in [-0.3, -0.25) is 0 Å². The van der Waals surface area contributed by atoms with E-state index in [2.05, 4.69) is 0 Å². The highest BCUT2D eigenvalue weighted by Crippen LogP contribution is 2.13. The Morgan fingerprint density at radius 2 is 1.72 bits per heavy atom. The molecule has 0 aliphatic carbocycles. The van der Waals surface area contributed by atoms with Gasteiger partial charge in [0.1, 0.15) is 6.10 Å². The molecule has 0 aliphatic rings. The highest BCUT2D eigenvalue weighted by molar-refractivity contribution is 4.73. The van der Waals surface area contributed by atoms with Gasteiger partial charge in [-0.05, 0) is 19.3 Å². The van der Waals surface area contributed by atoms with Crippen molar-refractivity contribution in [2.75, 3.05) is 20.3 Å². The lowest BCUT2D eigenvalue weighted by molar-refractivity contribution is -0.189. The van der Waals surface area contributed by atoms with Crippen LogP contribution in [0.5, 0.6) is 0 Å². The fourth-order valence-corrected chi connectivity index (χ4v) is 1.58. The van der Waals surface area contributed by atoms with Gasteiger partial charge in [-0.25, -0.2) is 0 Å². The van der Waals surface area contributed by atoms with Crippen LogP contribution < -0.4 is 0 Å². The molecular weight excluding hydrogens is 240 g/mol. The van der Waals surface area contributed by atoms with E-state index < -0.39 is 24.6 Å². The topological polar surface area (TPSA) is 99.4 Å². The fraction of sp³-hybridized carbons (Fsp3) is 1.00. The van der Waals surface area contributed by atoms with Crippen LogP contribution in [0, 0.1) is 0 Å². The molecule has 0 aromatic heterocycles. The lowest BCUT2D eigenvalue weighted by Crippen LogP contribution is -2.38. The van der Waals surface area contributed by atoms with Gasteiger partial charge in [-0.1, -0.05) is 6.92 Å². The van der Waals surface area contributed by atoms with Gasteiger partial charge in [0.05, 0.1) is 12.2 Å². The third-order valence-electron chi connectivity index (χ3n) is 2.62. The van der Waals surface area contributed by atoms with Crippen molar-refractivity contribution in [2.24, 2.45) is 0 Å². The van der Waals surface area contributed by atoms with E-state index in [1.807, 2.05) is 6.92 Å². The van der Waals surface area contributed by atoms with Crippen LogP contribution in [-0.2, 0) is 9.47 Å². The second-order valence-electron chi connectivity index (χ2n) is 4.28. The second kappa shape index (κ2) is 10.7. The maximum Gasteiger partial charge on any atom is 0.183 e. The lowest BCUT2D eigenvalue weighted by Gasteiger charge is -2.25. The monoisotopic (exact) mass is 266 g/mol. The molecule has 4 atom stereocenters. The molecule has 0 radical (unpaired) electrons. The van der Waals surface area contributed by atoms with Crippen LogP contribution in [0.15, 0.2) is 0 Å². The first-order chi connectivity index (χ1) is 8.56. The van der Waals surface area contributed by atoms with Crippen molar-refractivity contribution in [3.63, 3.8) is 0 Å². The maximum atomic E-state index is 9.81. The molecule has 6 nitrogen and oxygen atoms in total. The third-order valence-corrected chi connectivity index (χ3v) is 2.62. The summed E-state index contributed by atoms with van der Waals surface area (Å²) < 4.78 is 10.2. The Morgan fingerprint density at radius 1 is 1.06 bits per heavy atom. The number of hydrogen-bond donors (Lipinski definition) is 4. The van der Waals surface area contributed by atoms with Gasteiger partial charge in [-0.15, -0.1) is 0 Å². The van der Waals surface area contributed by atoms with Crippen LogP contribution in [0.2, 0.25) is 0 Å². The van der Waals surface area contributed by atoms with Gasteiger partial charge in [0.2, 0.25) is 0 Å². The highest BCUT2D eigenvalue weighted by atomic mass is 16.7. The van der Waals surface area contributed by atoms with Gasteiger partial charge in [-0.2, -0.15) is 0 Å². The molecule has 0 heterocycles. The van der Waals surface area contributed by atoms with Gasteiger partial charge in [0, 0.05) is 26.7 Å². The molecule has 0 aromatic rings. The van der Waals surface area contributed by atoms with E-state index in [0.717, 1.165) is 6.42 Å². The standard InChI is InChI=1S/C12H26O6/c1-3-7-18-12(17-2)11(16)8-10(15)9(14)5-4-6-13/h9-16H,3-8H2,1-2H3. The summed E-state index contributed by atoms with van der Waals surface area (Å²) in [5, 5.41) is 37.7. The third kappa shape index (κ3) is 7.25. The summed E-state index contributed by atoms with van der Waals surface area (Å²) in [5.41, 5.74) is 0. The summed E-state index contributed by atoms with van der Waals surface area (Å²) in [7, 11) is 1.41. The van der Waals surface area contributed by atoms with Crippen molar-refractivity contribution < 1.29 is 29.9 Å². The normalized spacial score (nSPS) is 18.3. The Morgan fingerprint density at radius 3 is 2.22 bits per heavy atom. The van der Waals surface area contributed by atoms with Gasteiger partial charge < -0.3 is 29.9 Å². The number of ether oxygens (including phenoxy) is 2. The van der Waals surface area contributed by atoms with Crippen LogP contribution in [0.1, 0.15) is 32.6 Å². The van der Waals surface area contributed by atoms with E-state index in [0.29, 0.717) is 13.0 Å². The van der Waals surface area contributed by atoms with E-state index in [4.69, 9.17) is 14.6 Å². The Hall–Kier alpha value is -0.240. The van der Waals surface area contributed by atoms with Gasteiger partial charge in [0.25, 0.3) is 0 Å². The predicted octanol–water partition coefficient (Wildman–Crippen LogP) is -0.369. The first-order valence-corrected chi connectivity index (χ1v) is 6.36. The van der Waals surface area contributed by atoms with Crippen molar-refractivity contribution in [1.82, 2.24) is 0 Å². The van der Waals surface area contributed by atoms with Crippen LogP contribution in [0.3, 0.4) is 0 Å². The molecule has 0 spiro atoms. The van der Waals surface area contributed by atoms with Crippen LogP contribution in [0.25, 0.3) is 0 Å². The highest BCUT2D eigenvalue weighted by Gasteiger charge is 2.25. The average molecular weight is 266 g/mol. The minimum atomic E-state index is -1.06. The van der Waals surface area contributed by atoms with Crippen molar-refractivity contribution in [2.45, 2.75) is 57.2 Å². The molecule has 4 N–H and O–H groups in total. The van der Waals surface area contributed by atoms with E-state index in [-0.39, 0.29) is 19.4 Å². The summed E-state index contributed by atoms with van der Waals surface area (Å²) >= 11 is 0. The summed E-state index contributed by atoms with van der Waals surface area (Å²) in [6.07, 6.45) is -2.36. The summed E-state index contributed by atoms with van der Waals surface area (Å²) in [4.78, 5) is 0. The zero-order chi connectivity index (χ0) is 14.0. The molecule has 0 amide bonds. The van der Waals surface area contributed by atoms with Crippen molar-refractivity contribution in [3.8, 4) is 0 Å². The molecule has 110 valence electrons. The summed E-state index contributed by atoms with van der Waals surface area (Å²) in [6.45, 7) is 2.36. The summed E-state index contributed by atoms with van der Waals surface area (Å²) in [6, 6.07) is 0. The van der Waals surface area contributed by atoms with E-state index in [1.54, 1.807) is 0 Å². The van der Waals surface area contributed by atoms with E-state index >= 15 is 0 Å². The maximum absolute atomic E-state index is 9.81. The van der Waals surface area contributed by atoms with E-state index in [1.165, 1.54) is 7.11 Å².